The van der Waals surface area contributed by atoms with Crippen LogP contribution in [0, 0.1) is 21.4 Å². The predicted octanol–water partition coefficient (Wildman–Crippen LogP) is 1.86. The van der Waals surface area contributed by atoms with Crippen LogP contribution in [0.1, 0.15) is 6.42 Å². The molecule has 0 radical (unpaired) electrons. The zero-order valence-electron chi connectivity index (χ0n) is 10.6. The van der Waals surface area contributed by atoms with Gasteiger partial charge >= 0.3 is 0 Å². The Morgan fingerprint density at radius 2 is 2.19 bits per heavy atom. The zero-order chi connectivity index (χ0) is 15.1. The van der Waals surface area contributed by atoms with E-state index in [2.05, 4.69) is 11.4 Å². The summed E-state index contributed by atoms with van der Waals surface area (Å²) in [6.07, 6.45) is 6.07. The number of allylic oxidation sites excluding steroid dienone is 7. The molecule has 0 amide bonds. The second-order valence-electron chi connectivity index (χ2n) is 4.66. The number of ketones is 1. The summed E-state index contributed by atoms with van der Waals surface area (Å²) in [4.78, 5) is 21.9. The van der Waals surface area contributed by atoms with E-state index in [-0.39, 0.29) is 23.5 Å². The van der Waals surface area contributed by atoms with Gasteiger partial charge in [-0.3, -0.25) is 14.9 Å². The van der Waals surface area contributed by atoms with E-state index < -0.39 is 10.3 Å². The third-order valence-corrected chi connectivity index (χ3v) is 3.90. The average molecular weight is 302 g/mol. The van der Waals surface area contributed by atoms with Crippen molar-refractivity contribution in [2.45, 2.75) is 11.8 Å². The van der Waals surface area contributed by atoms with Crippen LogP contribution >= 0.6 is 11.6 Å². The van der Waals surface area contributed by atoms with Crippen LogP contribution in [0.4, 0.5) is 0 Å². The highest BCUT2D eigenvalue weighted by Gasteiger charge is 2.38. The summed E-state index contributed by atoms with van der Waals surface area (Å²) in [5, 5.41) is 22.4. The molecule has 0 bridgehead atoms. The van der Waals surface area contributed by atoms with Crippen molar-refractivity contribution in [1.82, 2.24) is 5.32 Å². The molecule has 6 nitrogen and oxygen atoms in total. The topological polar surface area (TPSA) is 96.0 Å². The molecule has 1 atom stereocenters. The van der Waals surface area contributed by atoms with E-state index in [1.54, 1.807) is 6.08 Å². The number of alkyl halides is 1. The van der Waals surface area contributed by atoms with Gasteiger partial charge in [0.15, 0.2) is 11.2 Å². The van der Waals surface area contributed by atoms with Crippen LogP contribution in [0.3, 0.4) is 0 Å². The molecule has 1 N–H and O–H groups in total. The molecule has 0 spiro atoms. The van der Waals surface area contributed by atoms with Gasteiger partial charge in [-0.2, -0.15) is 5.26 Å². The number of carbonyl (C=O) groups excluding carboxylic acids is 1. The largest absolute Gasteiger partial charge is 0.355 e. The lowest BCUT2D eigenvalue weighted by atomic mass is 9.84. The molecule has 0 aromatic carbocycles. The minimum atomic E-state index is -1.01. The molecule has 0 aromatic rings. The highest BCUT2D eigenvalue weighted by atomic mass is 35.5. The minimum absolute atomic E-state index is 0.0673. The fourth-order valence-corrected chi connectivity index (χ4v) is 2.89. The Labute approximate surface area is 124 Å². The molecule has 1 aliphatic heterocycles. The van der Waals surface area contributed by atoms with Crippen molar-refractivity contribution >= 4 is 17.4 Å². The quantitative estimate of drug-likeness (QED) is 0.453. The van der Waals surface area contributed by atoms with Gasteiger partial charge < -0.3 is 5.32 Å². The van der Waals surface area contributed by atoms with Crippen LogP contribution < -0.4 is 5.32 Å². The van der Waals surface area contributed by atoms with Gasteiger partial charge in [0, 0.05) is 35.4 Å². The maximum Gasteiger partial charge on any atom is 0.268 e. The Morgan fingerprint density at radius 1 is 1.43 bits per heavy atom. The third-order valence-electron chi connectivity index (χ3n) is 3.46. The number of nitrogens with zero attached hydrogens (tertiary/aromatic N) is 2. The fraction of sp³-hybridized carbons (Fsp3) is 0.143. The van der Waals surface area contributed by atoms with Crippen LogP contribution in [-0.2, 0) is 4.79 Å². The molecular formula is C14H8ClN3O3. The molecule has 3 rings (SSSR count). The average Bonchev–Trinajstić information content (AvgIpc) is 2.44. The third kappa shape index (κ3) is 1.99. The fourth-order valence-electron chi connectivity index (χ4n) is 2.51. The van der Waals surface area contributed by atoms with Gasteiger partial charge in [-0.15, -0.1) is 11.6 Å². The summed E-state index contributed by atoms with van der Waals surface area (Å²) in [6.45, 7) is 0. The summed E-state index contributed by atoms with van der Waals surface area (Å²) < 4.78 is 0. The van der Waals surface area contributed by atoms with E-state index in [0.717, 1.165) is 0 Å². The number of rotatable bonds is 1. The van der Waals surface area contributed by atoms with Crippen molar-refractivity contribution in [1.29, 1.82) is 5.26 Å². The van der Waals surface area contributed by atoms with Gasteiger partial charge in [0.05, 0.1) is 16.2 Å². The van der Waals surface area contributed by atoms with E-state index in [0.29, 0.717) is 22.5 Å². The summed E-state index contributed by atoms with van der Waals surface area (Å²) >= 11 is 6.17. The highest BCUT2D eigenvalue weighted by Crippen LogP contribution is 2.39. The molecule has 21 heavy (non-hydrogen) atoms. The Kier molecular flexibility index (Phi) is 3.00. The second-order valence-corrected chi connectivity index (χ2v) is 5.10. The van der Waals surface area contributed by atoms with Gasteiger partial charge in [0.1, 0.15) is 6.07 Å². The number of hydrogen-bond donors (Lipinski definition) is 1. The Bertz CT molecular complexity index is 778. The van der Waals surface area contributed by atoms with E-state index in [4.69, 9.17) is 11.6 Å². The minimum Gasteiger partial charge on any atom is -0.355 e. The van der Waals surface area contributed by atoms with Crippen LogP contribution in [0.2, 0.25) is 0 Å². The number of hydrogen-bond acceptors (Lipinski definition) is 5. The Hall–Kier alpha value is -2.65. The van der Waals surface area contributed by atoms with Gasteiger partial charge in [-0.25, -0.2) is 0 Å². The summed E-state index contributed by atoms with van der Waals surface area (Å²) in [5.74, 6) is -0.0673. The van der Waals surface area contributed by atoms with Crippen LogP contribution in [0.15, 0.2) is 58.1 Å². The first-order valence-corrected chi connectivity index (χ1v) is 6.54. The van der Waals surface area contributed by atoms with Gasteiger partial charge in [-0.1, -0.05) is 6.08 Å². The second kappa shape index (κ2) is 4.72. The van der Waals surface area contributed by atoms with Crippen molar-refractivity contribution in [3.05, 3.63) is 68.2 Å². The molecule has 1 unspecified atom stereocenters. The smallest absolute Gasteiger partial charge is 0.268 e. The van der Waals surface area contributed by atoms with E-state index >= 15 is 0 Å². The van der Waals surface area contributed by atoms with Crippen molar-refractivity contribution < 1.29 is 9.72 Å². The van der Waals surface area contributed by atoms with E-state index in [9.17, 15) is 20.2 Å². The molecule has 7 heteroatoms. The lowest BCUT2D eigenvalue weighted by molar-refractivity contribution is -0.426. The molecule has 0 aromatic heterocycles. The highest BCUT2D eigenvalue weighted by molar-refractivity contribution is 6.25. The van der Waals surface area contributed by atoms with Gasteiger partial charge in [0.2, 0.25) is 0 Å². The number of halogens is 1. The lowest BCUT2D eigenvalue weighted by Crippen LogP contribution is -2.32. The van der Waals surface area contributed by atoms with Crippen LogP contribution in [0.25, 0.3) is 0 Å². The zero-order valence-corrected chi connectivity index (χ0v) is 11.3. The molecule has 2 aliphatic carbocycles. The first-order valence-electron chi connectivity index (χ1n) is 6.10. The van der Waals surface area contributed by atoms with Gasteiger partial charge in [-0.05, 0) is 6.08 Å². The van der Waals surface area contributed by atoms with E-state index in [1.165, 1.54) is 18.2 Å². The summed E-state index contributed by atoms with van der Waals surface area (Å²) in [5.41, 5.74) is 2.08. The normalized spacial score (nSPS) is 23.6. The molecule has 3 aliphatic rings. The molecule has 0 fully saturated rings. The van der Waals surface area contributed by atoms with Gasteiger partial charge in [0.25, 0.3) is 5.70 Å². The SMILES string of the molecule is N#CC1=C2C(=CC=C([N+](=O)[O-])C2Cl)NC2=CC(=O)CC=C21. The number of carbonyl (C=O) groups is 1. The van der Waals surface area contributed by atoms with Crippen LogP contribution in [-0.4, -0.2) is 16.1 Å². The maximum atomic E-state index is 11.5. The van der Waals surface area contributed by atoms with E-state index in [1.807, 2.05) is 0 Å². The summed E-state index contributed by atoms with van der Waals surface area (Å²) in [6, 6.07) is 2.05. The lowest BCUT2D eigenvalue weighted by Gasteiger charge is -2.30. The first kappa shape index (κ1) is 13.3. The molecule has 0 saturated carbocycles. The molecule has 1 heterocycles. The molecular weight excluding hydrogens is 294 g/mol. The Morgan fingerprint density at radius 3 is 2.86 bits per heavy atom. The van der Waals surface area contributed by atoms with Crippen molar-refractivity contribution in [3.8, 4) is 6.07 Å². The first-order chi connectivity index (χ1) is 10.0. The van der Waals surface area contributed by atoms with Crippen molar-refractivity contribution in [3.63, 3.8) is 0 Å². The number of nitriles is 1. The van der Waals surface area contributed by atoms with Crippen LogP contribution in [0.5, 0.6) is 0 Å². The van der Waals surface area contributed by atoms with Crippen molar-refractivity contribution in [2.24, 2.45) is 0 Å². The van der Waals surface area contributed by atoms with Crippen molar-refractivity contribution in [2.75, 3.05) is 0 Å². The number of nitro groups is 1. The standard InChI is InChI=1S/C14H8ClN3O3/c15-14-12(18(20)21)4-3-10-13(14)9(6-16)8-2-1-7(19)5-11(8)17-10/h2-5,14,17H,1H2. The number of fused-ring (bicyclic) bond motifs is 2. The number of nitrogens with one attached hydrogen (secondary N) is 1. The maximum absolute atomic E-state index is 11.5. The Balaban J connectivity index is 2.22. The predicted molar refractivity (Wildman–Crippen MR) is 74.4 cm³/mol. The monoisotopic (exact) mass is 301 g/mol. The molecule has 104 valence electrons. The molecule has 0 saturated heterocycles. The summed E-state index contributed by atoms with van der Waals surface area (Å²) in [7, 11) is 0.